The summed E-state index contributed by atoms with van der Waals surface area (Å²) in [5.41, 5.74) is 0.916. The lowest BCUT2D eigenvalue weighted by atomic mass is 10.2. The molecule has 3 heteroatoms. The van der Waals surface area contributed by atoms with Gasteiger partial charge in [0.25, 0.3) is 0 Å². The first-order valence-corrected chi connectivity index (χ1v) is 3.55. The highest BCUT2D eigenvalue weighted by Gasteiger charge is 2.01. The summed E-state index contributed by atoms with van der Waals surface area (Å²) in [5, 5.41) is 2.89. The van der Waals surface area contributed by atoms with Crippen LogP contribution in [0.2, 0.25) is 0 Å². The van der Waals surface area contributed by atoms with Crippen molar-refractivity contribution in [3.05, 3.63) is 35.0 Å². The summed E-state index contributed by atoms with van der Waals surface area (Å²) < 4.78 is 0. The Hall–Kier alpha value is -1.25. The number of pyridine rings is 1. The Morgan fingerprint density at radius 2 is 2.45 bits per heavy atom. The topological polar surface area (TPSA) is 42.3 Å². The number of nitrogens with zero attached hydrogens (tertiary/aromatic N) is 2. The predicted molar refractivity (Wildman–Crippen MR) is 43.2 cm³/mol. The van der Waals surface area contributed by atoms with Gasteiger partial charge in [0, 0.05) is 18.3 Å². The lowest BCUT2D eigenvalue weighted by Crippen LogP contribution is -2.02. The molecule has 1 heterocycles. The molecule has 0 saturated carbocycles. The first kappa shape index (κ1) is 7.85. The van der Waals surface area contributed by atoms with E-state index in [-0.39, 0.29) is 6.04 Å². The third kappa shape index (κ3) is 2.45. The first-order chi connectivity index (χ1) is 5.33. The van der Waals surface area contributed by atoms with Gasteiger partial charge in [-0.2, -0.15) is 4.91 Å². The first-order valence-electron chi connectivity index (χ1n) is 3.55. The molecule has 1 unspecified atom stereocenters. The van der Waals surface area contributed by atoms with Crippen LogP contribution in [0.1, 0.15) is 12.6 Å². The summed E-state index contributed by atoms with van der Waals surface area (Å²) in [6.07, 6.45) is 2.34. The van der Waals surface area contributed by atoms with Gasteiger partial charge in [-0.05, 0) is 19.1 Å². The van der Waals surface area contributed by atoms with E-state index in [4.69, 9.17) is 0 Å². The molecule has 0 radical (unpaired) electrons. The Balaban J connectivity index is 2.57. The maximum atomic E-state index is 10.0. The zero-order valence-corrected chi connectivity index (χ0v) is 6.40. The Morgan fingerprint density at radius 1 is 1.64 bits per heavy atom. The SMILES string of the molecule is CC(Cc1ccccn1)N=O. The second kappa shape index (κ2) is 3.81. The fourth-order valence-electron chi connectivity index (χ4n) is 0.859. The molecule has 0 aliphatic heterocycles. The van der Waals surface area contributed by atoms with Crippen molar-refractivity contribution in [2.24, 2.45) is 5.18 Å². The van der Waals surface area contributed by atoms with E-state index in [0.29, 0.717) is 6.42 Å². The summed E-state index contributed by atoms with van der Waals surface area (Å²) >= 11 is 0. The van der Waals surface area contributed by atoms with Gasteiger partial charge in [-0.1, -0.05) is 11.2 Å². The van der Waals surface area contributed by atoms with E-state index >= 15 is 0 Å². The van der Waals surface area contributed by atoms with Crippen LogP contribution in [-0.2, 0) is 6.42 Å². The van der Waals surface area contributed by atoms with Crippen LogP contribution in [0, 0.1) is 4.91 Å². The van der Waals surface area contributed by atoms with Gasteiger partial charge in [-0.15, -0.1) is 0 Å². The quantitative estimate of drug-likeness (QED) is 0.616. The highest BCUT2D eigenvalue weighted by molar-refractivity contribution is 5.04. The van der Waals surface area contributed by atoms with Crippen molar-refractivity contribution >= 4 is 0 Å². The van der Waals surface area contributed by atoms with Crippen LogP contribution in [0.3, 0.4) is 0 Å². The van der Waals surface area contributed by atoms with E-state index in [9.17, 15) is 4.91 Å². The minimum absolute atomic E-state index is 0.176. The molecule has 0 N–H and O–H groups in total. The lowest BCUT2D eigenvalue weighted by Gasteiger charge is -1.99. The minimum atomic E-state index is -0.176. The molecule has 1 atom stereocenters. The molecule has 0 spiro atoms. The van der Waals surface area contributed by atoms with Crippen molar-refractivity contribution in [2.45, 2.75) is 19.4 Å². The van der Waals surface area contributed by atoms with Gasteiger partial charge in [-0.3, -0.25) is 4.98 Å². The van der Waals surface area contributed by atoms with Gasteiger partial charge in [0.1, 0.15) is 0 Å². The van der Waals surface area contributed by atoms with Gasteiger partial charge < -0.3 is 0 Å². The molecule has 1 rings (SSSR count). The minimum Gasteiger partial charge on any atom is -0.261 e. The van der Waals surface area contributed by atoms with E-state index < -0.39 is 0 Å². The van der Waals surface area contributed by atoms with Gasteiger partial charge in [0.2, 0.25) is 0 Å². The second-order valence-corrected chi connectivity index (χ2v) is 2.48. The van der Waals surface area contributed by atoms with Crippen molar-refractivity contribution in [1.82, 2.24) is 4.98 Å². The number of hydrogen-bond donors (Lipinski definition) is 0. The standard InChI is InChI=1S/C8H10N2O/c1-7(10-11)6-8-4-2-3-5-9-8/h2-5,7H,6H2,1H3. The molecule has 1 aromatic heterocycles. The normalized spacial score (nSPS) is 12.5. The molecular weight excluding hydrogens is 140 g/mol. The smallest absolute Gasteiger partial charge is 0.0946 e. The summed E-state index contributed by atoms with van der Waals surface area (Å²) in [5.74, 6) is 0. The van der Waals surface area contributed by atoms with Gasteiger partial charge in [0.05, 0.1) is 6.04 Å². The highest BCUT2D eigenvalue weighted by atomic mass is 16.3. The summed E-state index contributed by atoms with van der Waals surface area (Å²) in [6, 6.07) is 5.47. The molecule has 0 amide bonds. The predicted octanol–water partition coefficient (Wildman–Crippen LogP) is 1.78. The Kier molecular flexibility index (Phi) is 2.72. The molecular formula is C8H10N2O. The maximum Gasteiger partial charge on any atom is 0.0946 e. The van der Waals surface area contributed by atoms with Crippen LogP contribution < -0.4 is 0 Å². The molecule has 0 bridgehead atoms. The molecule has 11 heavy (non-hydrogen) atoms. The second-order valence-electron chi connectivity index (χ2n) is 2.48. The molecule has 58 valence electrons. The van der Waals surface area contributed by atoms with E-state index in [1.807, 2.05) is 18.2 Å². The van der Waals surface area contributed by atoms with Crippen LogP contribution in [0.15, 0.2) is 29.6 Å². The molecule has 0 aliphatic rings. The van der Waals surface area contributed by atoms with E-state index in [1.54, 1.807) is 13.1 Å². The lowest BCUT2D eigenvalue weighted by molar-refractivity contribution is 0.718. The largest absolute Gasteiger partial charge is 0.261 e. The Labute approximate surface area is 65.4 Å². The molecule has 0 saturated heterocycles. The van der Waals surface area contributed by atoms with Crippen molar-refractivity contribution in [3.8, 4) is 0 Å². The molecule has 3 nitrogen and oxygen atoms in total. The number of rotatable bonds is 3. The van der Waals surface area contributed by atoms with Crippen molar-refractivity contribution in [2.75, 3.05) is 0 Å². The van der Waals surface area contributed by atoms with Crippen molar-refractivity contribution in [3.63, 3.8) is 0 Å². The summed E-state index contributed by atoms with van der Waals surface area (Å²) in [6.45, 7) is 1.78. The molecule has 0 aromatic carbocycles. The van der Waals surface area contributed by atoms with Gasteiger partial charge in [0.15, 0.2) is 0 Å². The number of hydrogen-bond acceptors (Lipinski definition) is 3. The van der Waals surface area contributed by atoms with E-state index in [1.165, 1.54) is 0 Å². The molecule has 1 aromatic rings. The number of aromatic nitrogens is 1. The summed E-state index contributed by atoms with van der Waals surface area (Å²) in [7, 11) is 0. The Morgan fingerprint density at radius 3 is 3.00 bits per heavy atom. The maximum absolute atomic E-state index is 10.0. The van der Waals surface area contributed by atoms with E-state index in [2.05, 4.69) is 10.2 Å². The van der Waals surface area contributed by atoms with Crippen molar-refractivity contribution < 1.29 is 0 Å². The average molecular weight is 150 g/mol. The fraction of sp³-hybridized carbons (Fsp3) is 0.375. The van der Waals surface area contributed by atoms with Gasteiger partial charge in [-0.25, -0.2) is 0 Å². The third-order valence-electron chi connectivity index (χ3n) is 1.41. The van der Waals surface area contributed by atoms with Crippen molar-refractivity contribution in [1.29, 1.82) is 0 Å². The molecule has 0 aliphatic carbocycles. The van der Waals surface area contributed by atoms with Crippen LogP contribution in [0.5, 0.6) is 0 Å². The third-order valence-corrected chi connectivity index (χ3v) is 1.41. The van der Waals surface area contributed by atoms with E-state index in [0.717, 1.165) is 5.69 Å². The average Bonchev–Trinajstić information content (AvgIpc) is 2.06. The zero-order valence-electron chi connectivity index (χ0n) is 6.40. The number of nitroso groups, excluding NO2 is 1. The van der Waals surface area contributed by atoms with Crippen LogP contribution >= 0.6 is 0 Å². The van der Waals surface area contributed by atoms with Crippen LogP contribution in [0.4, 0.5) is 0 Å². The van der Waals surface area contributed by atoms with Crippen LogP contribution in [-0.4, -0.2) is 11.0 Å². The monoisotopic (exact) mass is 150 g/mol. The Bertz CT molecular complexity index is 223. The van der Waals surface area contributed by atoms with Gasteiger partial charge >= 0.3 is 0 Å². The fourth-order valence-corrected chi connectivity index (χ4v) is 0.859. The highest BCUT2D eigenvalue weighted by Crippen LogP contribution is 2.00. The zero-order chi connectivity index (χ0) is 8.10. The van der Waals surface area contributed by atoms with Crippen LogP contribution in [0.25, 0.3) is 0 Å². The summed E-state index contributed by atoms with van der Waals surface area (Å²) in [4.78, 5) is 14.1. The molecule has 0 fully saturated rings.